The molecule has 0 heterocycles. The molecule has 0 amide bonds. The minimum atomic E-state index is 0.834. The Labute approximate surface area is 91.1 Å². The quantitative estimate of drug-likeness (QED) is 0.677. The van der Waals surface area contributed by atoms with Gasteiger partial charge in [0, 0.05) is 5.56 Å². The minimum Gasteiger partial charge on any atom is -0.496 e. The van der Waals surface area contributed by atoms with E-state index < -0.39 is 0 Å². The Morgan fingerprint density at radius 2 is 2.13 bits per heavy atom. The molecule has 0 bridgehead atoms. The predicted molar refractivity (Wildman–Crippen MR) is 65.7 cm³/mol. The molecule has 1 rings (SSSR count). The number of aryl methyl sites for hydroxylation is 1. The zero-order valence-corrected chi connectivity index (χ0v) is 9.08. The SMILES string of the molecule is C#CC=Cc1cc(C=C)c(OC)cc1C. The summed E-state index contributed by atoms with van der Waals surface area (Å²) in [7, 11) is 1.65. The molecule has 1 nitrogen and oxygen atoms in total. The second-order valence-corrected chi connectivity index (χ2v) is 3.15. The van der Waals surface area contributed by atoms with E-state index in [-0.39, 0.29) is 0 Å². The van der Waals surface area contributed by atoms with Crippen LogP contribution >= 0.6 is 0 Å². The molecule has 0 aromatic heterocycles. The van der Waals surface area contributed by atoms with Crippen LogP contribution in [0.2, 0.25) is 0 Å². The lowest BCUT2D eigenvalue weighted by molar-refractivity contribution is 0.413. The van der Waals surface area contributed by atoms with Crippen LogP contribution in [0.4, 0.5) is 0 Å². The minimum absolute atomic E-state index is 0.834. The second kappa shape index (κ2) is 5.07. The van der Waals surface area contributed by atoms with Crippen LogP contribution in [-0.4, -0.2) is 7.11 Å². The highest BCUT2D eigenvalue weighted by molar-refractivity contribution is 5.65. The fraction of sp³-hybridized carbons (Fsp3) is 0.143. The maximum absolute atomic E-state index is 5.24. The molecule has 0 aliphatic heterocycles. The summed E-state index contributed by atoms with van der Waals surface area (Å²) in [4.78, 5) is 0. The van der Waals surface area contributed by atoms with Gasteiger partial charge in [-0.05, 0) is 42.3 Å². The molecule has 1 aromatic carbocycles. The largest absolute Gasteiger partial charge is 0.496 e. The van der Waals surface area contributed by atoms with Gasteiger partial charge < -0.3 is 4.74 Å². The first-order chi connectivity index (χ1) is 7.22. The highest BCUT2D eigenvalue weighted by atomic mass is 16.5. The third-order valence-electron chi connectivity index (χ3n) is 2.20. The van der Waals surface area contributed by atoms with E-state index in [0.29, 0.717) is 0 Å². The van der Waals surface area contributed by atoms with E-state index in [0.717, 1.165) is 22.4 Å². The average molecular weight is 198 g/mol. The molecule has 0 unspecified atom stereocenters. The molecule has 0 N–H and O–H groups in total. The number of ether oxygens (including phenoxy) is 1. The first-order valence-electron chi connectivity index (χ1n) is 4.66. The van der Waals surface area contributed by atoms with Crippen molar-refractivity contribution in [1.29, 1.82) is 0 Å². The number of hydrogen-bond donors (Lipinski definition) is 0. The Hall–Kier alpha value is -1.94. The number of rotatable bonds is 3. The summed E-state index contributed by atoms with van der Waals surface area (Å²) in [5.41, 5.74) is 3.19. The standard InChI is InChI=1S/C14H14O/c1-5-7-8-13-10-12(6-2)14(15-4)9-11(13)3/h1,6-10H,2H2,3-4H3. The summed E-state index contributed by atoms with van der Waals surface area (Å²) < 4.78 is 5.24. The summed E-state index contributed by atoms with van der Waals surface area (Å²) >= 11 is 0. The van der Waals surface area contributed by atoms with Crippen LogP contribution in [0.1, 0.15) is 16.7 Å². The molecule has 76 valence electrons. The van der Waals surface area contributed by atoms with Gasteiger partial charge in [0.15, 0.2) is 0 Å². The normalized spacial score (nSPS) is 9.93. The number of methoxy groups -OCH3 is 1. The molecule has 0 saturated carbocycles. The van der Waals surface area contributed by atoms with Crippen molar-refractivity contribution in [2.45, 2.75) is 6.92 Å². The molecular formula is C14H14O. The first kappa shape index (κ1) is 11.1. The van der Waals surface area contributed by atoms with E-state index in [1.165, 1.54) is 0 Å². The van der Waals surface area contributed by atoms with Crippen LogP contribution in [-0.2, 0) is 0 Å². The van der Waals surface area contributed by atoms with Gasteiger partial charge in [0.1, 0.15) is 5.75 Å². The van der Waals surface area contributed by atoms with Gasteiger partial charge in [-0.3, -0.25) is 0 Å². The Morgan fingerprint density at radius 1 is 1.40 bits per heavy atom. The van der Waals surface area contributed by atoms with Crippen molar-refractivity contribution in [3.63, 3.8) is 0 Å². The van der Waals surface area contributed by atoms with Crippen molar-refractivity contribution < 1.29 is 4.74 Å². The van der Waals surface area contributed by atoms with Crippen molar-refractivity contribution in [1.82, 2.24) is 0 Å². The van der Waals surface area contributed by atoms with Gasteiger partial charge in [-0.15, -0.1) is 6.42 Å². The molecule has 0 aliphatic carbocycles. The molecule has 0 aliphatic rings. The number of hydrogen-bond acceptors (Lipinski definition) is 1. The maximum atomic E-state index is 5.24. The fourth-order valence-electron chi connectivity index (χ4n) is 1.37. The maximum Gasteiger partial charge on any atom is 0.126 e. The Bertz CT molecular complexity index is 433. The van der Waals surface area contributed by atoms with Gasteiger partial charge in [0.2, 0.25) is 0 Å². The van der Waals surface area contributed by atoms with E-state index in [2.05, 4.69) is 12.5 Å². The van der Waals surface area contributed by atoms with Crippen LogP contribution in [0.25, 0.3) is 12.2 Å². The molecule has 0 spiro atoms. The molecule has 0 radical (unpaired) electrons. The summed E-state index contributed by atoms with van der Waals surface area (Å²) in [5.74, 6) is 3.31. The Kier molecular flexibility index (Phi) is 3.76. The van der Waals surface area contributed by atoms with Gasteiger partial charge >= 0.3 is 0 Å². The zero-order valence-electron chi connectivity index (χ0n) is 9.08. The van der Waals surface area contributed by atoms with Crippen LogP contribution in [0.5, 0.6) is 5.75 Å². The molecule has 1 aromatic rings. The average Bonchev–Trinajstić information content (AvgIpc) is 2.27. The number of allylic oxidation sites excluding steroid dienone is 1. The van der Waals surface area contributed by atoms with Crippen LogP contribution < -0.4 is 4.74 Å². The Morgan fingerprint density at radius 3 is 2.67 bits per heavy atom. The van der Waals surface area contributed by atoms with Gasteiger partial charge in [0.05, 0.1) is 7.11 Å². The molecule has 0 atom stereocenters. The van der Waals surface area contributed by atoms with Crippen LogP contribution in [0.15, 0.2) is 24.8 Å². The molecular weight excluding hydrogens is 184 g/mol. The van der Waals surface area contributed by atoms with E-state index in [4.69, 9.17) is 11.2 Å². The van der Waals surface area contributed by atoms with Crippen molar-refractivity contribution >= 4 is 12.2 Å². The van der Waals surface area contributed by atoms with E-state index in [1.807, 2.05) is 25.1 Å². The summed E-state index contributed by atoms with van der Waals surface area (Å²) in [6.45, 7) is 5.77. The first-order valence-corrected chi connectivity index (χ1v) is 4.66. The fourth-order valence-corrected chi connectivity index (χ4v) is 1.37. The van der Waals surface area contributed by atoms with Crippen LogP contribution in [0, 0.1) is 19.3 Å². The molecule has 15 heavy (non-hydrogen) atoms. The van der Waals surface area contributed by atoms with E-state index in [1.54, 1.807) is 19.3 Å². The summed E-state index contributed by atoms with van der Waals surface area (Å²) in [6.07, 6.45) is 10.5. The van der Waals surface area contributed by atoms with Gasteiger partial charge in [-0.1, -0.05) is 18.6 Å². The van der Waals surface area contributed by atoms with Crippen molar-refractivity contribution in [2.24, 2.45) is 0 Å². The highest BCUT2D eigenvalue weighted by Crippen LogP contribution is 2.24. The zero-order chi connectivity index (χ0) is 11.3. The number of terminal acetylenes is 1. The van der Waals surface area contributed by atoms with Crippen molar-refractivity contribution in [2.75, 3.05) is 7.11 Å². The second-order valence-electron chi connectivity index (χ2n) is 3.15. The van der Waals surface area contributed by atoms with Gasteiger partial charge in [-0.2, -0.15) is 0 Å². The lowest BCUT2D eigenvalue weighted by Crippen LogP contribution is -1.90. The lowest BCUT2D eigenvalue weighted by atomic mass is 10.0. The van der Waals surface area contributed by atoms with E-state index >= 15 is 0 Å². The summed E-state index contributed by atoms with van der Waals surface area (Å²) in [5, 5.41) is 0. The number of benzene rings is 1. The highest BCUT2D eigenvalue weighted by Gasteiger charge is 2.03. The van der Waals surface area contributed by atoms with Crippen LogP contribution in [0.3, 0.4) is 0 Å². The lowest BCUT2D eigenvalue weighted by Gasteiger charge is -2.08. The summed E-state index contributed by atoms with van der Waals surface area (Å²) in [6, 6.07) is 3.99. The Balaban J connectivity index is 3.26. The third-order valence-corrected chi connectivity index (χ3v) is 2.20. The smallest absolute Gasteiger partial charge is 0.126 e. The van der Waals surface area contributed by atoms with Gasteiger partial charge in [0.25, 0.3) is 0 Å². The molecule has 0 saturated heterocycles. The molecule has 0 fully saturated rings. The predicted octanol–water partition coefficient (Wildman–Crippen LogP) is 3.29. The third kappa shape index (κ3) is 2.51. The topological polar surface area (TPSA) is 9.23 Å². The van der Waals surface area contributed by atoms with Gasteiger partial charge in [-0.25, -0.2) is 0 Å². The molecule has 1 heteroatoms. The van der Waals surface area contributed by atoms with E-state index in [9.17, 15) is 0 Å². The van der Waals surface area contributed by atoms with Crippen molar-refractivity contribution in [3.05, 3.63) is 41.5 Å². The monoisotopic (exact) mass is 198 g/mol. The van der Waals surface area contributed by atoms with Crippen molar-refractivity contribution in [3.8, 4) is 18.1 Å².